The molecule has 15 heavy (non-hydrogen) atoms. The Bertz CT molecular complexity index is 268. The third-order valence-electron chi connectivity index (χ3n) is 2.23. The maximum absolute atomic E-state index is 3.14. The lowest BCUT2D eigenvalue weighted by Gasteiger charge is -2.23. The van der Waals surface area contributed by atoms with Gasteiger partial charge in [-0.15, -0.1) is 0 Å². The molecule has 1 rings (SSSR count). The molecule has 0 saturated carbocycles. The summed E-state index contributed by atoms with van der Waals surface area (Å²) in [6, 6.07) is 8.63. The van der Waals surface area contributed by atoms with Crippen LogP contribution in [0.3, 0.4) is 0 Å². The van der Waals surface area contributed by atoms with Gasteiger partial charge in [-0.1, -0.05) is 45.2 Å². The molecule has 0 aliphatic heterocycles. The first kappa shape index (κ1) is 13.3. The number of anilines is 2. The Kier molecular flexibility index (Phi) is 6.71. The first-order valence-electron chi connectivity index (χ1n) is 4.96. The van der Waals surface area contributed by atoms with Crippen molar-refractivity contribution in [1.82, 2.24) is 0 Å². The molecule has 0 heterocycles. The predicted octanol–water partition coefficient (Wildman–Crippen LogP) is 3.40. The summed E-state index contributed by atoms with van der Waals surface area (Å²) in [5, 5.41) is 3.14. The average Bonchev–Trinajstić information content (AvgIpc) is 2.29. The zero-order valence-corrected chi connectivity index (χ0v) is 13.2. The molecule has 0 saturated heterocycles. The van der Waals surface area contributed by atoms with Gasteiger partial charge in [0.2, 0.25) is 0 Å². The largest absolute Gasteiger partial charge is 0.388 e. The average molecular weight is 430 g/mol. The van der Waals surface area contributed by atoms with Crippen LogP contribution >= 0.6 is 45.2 Å². The van der Waals surface area contributed by atoms with E-state index in [9.17, 15) is 0 Å². The number of benzene rings is 1. The maximum atomic E-state index is 3.14. The fourth-order valence-electron chi connectivity index (χ4n) is 1.41. The summed E-state index contributed by atoms with van der Waals surface area (Å²) in [7, 11) is 1.95. The van der Waals surface area contributed by atoms with Crippen LogP contribution < -0.4 is 10.2 Å². The van der Waals surface area contributed by atoms with Gasteiger partial charge < -0.3 is 10.2 Å². The molecule has 0 aliphatic carbocycles. The zero-order valence-electron chi connectivity index (χ0n) is 8.84. The van der Waals surface area contributed by atoms with Crippen molar-refractivity contribution in [3.05, 3.63) is 24.3 Å². The highest BCUT2D eigenvalue weighted by atomic mass is 127. The van der Waals surface area contributed by atoms with E-state index in [0.717, 1.165) is 13.1 Å². The van der Waals surface area contributed by atoms with Gasteiger partial charge in [-0.3, -0.25) is 0 Å². The Morgan fingerprint density at radius 2 is 1.60 bits per heavy atom. The molecule has 0 radical (unpaired) electrons. The van der Waals surface area contributed by atoms with Crippen molar-refractivity contribution in [3.63, 3.8) is 0 Å². The van der Waals surface area contributed by atoms with Gasteiger partial charge in [-0.05, 0) is 24.3 Å². The summed E-state index contributed by atoms with van der Waals surface area (Å²) in [4.78, 5) is 2.43. The second-order valence-corrected chi connectivity index (χ2v) is 5.32. The van der Waals surface area contributed by atoms with Gasteiger partial charge in [0.1, 0.15) is 0 Å². The minimum absolute atomic E-state index is 1.13. The van der Waals surface area contributed by atoms with Gasteiger partial charge >= 0.3 is 0 Å². The minimum atomic E-state index is 1.13. The lowest BCUT2D eigenvalue weighted by atomic mass is 10.2. The van der Waals surface area contributed by atoms with E-state index in [-0.39, 0.29) is 0 Å². The van der Waals surface area contributed by atoms with E-state index in [1.807, 2.05) is 7.05 Å². The van der Waals surface area contributed by atoms with Gasteiger partial charge in [0.05, 0.1) is 0 Å². The van der Waals surface area contributed by atoms with E-state index < -0.39 is 0 Å². The van der Waals surface area contributed by atoms with E-state index in [2.05, 4.69) is 79.7 Å². The molecule has 0 amide bonds. The first-order chi connectivity index (χ1) is 7.31. The van der Waals surface area contributed by atoms with Gasteiger partial charge in [-0.25, -0.2) is 0 Å². The lowest BCUT2D eigenvalue weighted by Crippen LogP contribution is -2.27. The van der Waals surface area contributed by atoms with Gasteiger partial charge in [0.15, 0.2) is 0 Å². The van der Waals surface area contributed by atoms with Crippen LogP contribution in [0.1, 0.15) is 0 Å². The van der Waals surface area contributed by atoms with Crippen molar-refractivity contribution in [2.45, 2.75) is 0 Å². The lowest BCUT2D eigenvalue weighted by molar-refractivity contribution is 0.892. The smallest absolute Gasteiger partial charge is 0.0368 e. The summed E-state index contributed by atoms with van der Waals surface area (Å²) in [5.74, 6) is 0. The van der Waals surface area contributed by atoms with Crippen LogP contribution in [0, 0.1) is 0 Å². The number of rotatable bonds is 6. The van der Waals surface area contributed by atoms with Crippen LogP contribution in [0.15, 0.2) is 24.3 Å². The summed E-state index contributed by atoms with van der Waals surface area (Å²) < 4.78 is 2.34. The van der Waals surface area contributed by atoms with E-state index in [0.29, 0.717) is 0 Å². The molecule has 4 heteroatoms. The molecule has 0 aliphatic rings. The van der Waals surface area contributed by atoms with Crippen molar-refractivity contribution >= 4 is 56.6 Å². The number of alkyl halides is 2. The topological polar surface area (TPSA) is 15.3 Å². The van der Waals surface area contributed by atoms with Crippen molar-refractivity contribution in [2.24, 2.45) is 0 Å². The number of hydrogen-bond acceptors (Lipinski definition) is 2. The molecule has 0 unspecified atom stereocenters. The standard InChI is InChI=1S/C11H16I2N2/c1-14-10-2-4-11(5-3-10)15(8-6-12)9-7-13/h2-5,14H,6-9H2,1H3. The molecule has 1 aromatic carbocycles. The van der Waals surface area contributed by atoms with E-state index >= 15 is 0 Å². The second-order valence-electron chi connectivity index (χ2n) is 3.16. The molecule has 0 bridgehead atoms. The highest BCUT2D eigenvalue weighted by Crippen LogP contribution is 2.17. The third kappa shape index (κ3) is 4.34. The fourth-order valence-corrected chi connectivity index (χ4v) is 2.58. The van der Waals surface area contributed by atoms with Crippen LogP contribution in [-0.4, -0.2) is 29.0 Å². The molecule has 2 nitrogen and oxygen atoms in total. The predicted molar refractivity (Wildman–Crippen MR) is 86.0 cm³/mol. The van der Waals surface area contributed by atoms with Crippen LogP contribution in [0.25, 0.3) is 0 Å². The molecular weight excluding hydrogens is 414 g/mol. The number of nitrogens with one attached hydrogen (secondary N) is 1. The summed E-state index contributed by atoms with van der Waals surface area (Å²) >= 11 is 4.85. The molecule has 0 spiro atoms. The Morgan fingerprint density at radius 3 is 2.00 bits per heavy atom. The Morgan fingerprint density at radius 1 is 1.07 bits per heavy atom. The highest BCUT2D eigenvalue weighted by Gasteiger charge is 2.04. The maximum Gasteiger partial charge on any atom is 0.0368 e. The molecule has 0 aromatic heterocycles. The quantitative estimate of drug-likeness (QED) is 0.550. The summed E-state index contributed by atoms with van der Waals surface area (Å²) in [6.07, 6.45) is 0. The molecular formula is C11H16I2N2. The van der Waals surface area contributed by atoms with E-state index in [1.54, 1.807) is 0 Å². The molecule has 1 aromatic rings. The second kappa shape index (κ2) is 7.54. The Balaban J connectivity index is 2.72. The van der Waals surface area contributed by atoms with Crippen molar-refractivity contribution in [1.29, 1.82) is 0 Å². The Hall–Kier alpha value is 0.280. The minimum Gasteiger partial charge on any atom is -0.388 e. The normalized spacial score (nSPS) is 10.1. The van der Waals surface area contributed by atoms with Gasteiger partial charge in [-0.2, -0.15) is 0 Å². The molecule has 1 N–H and O–H groups in total. The van der Waals surface area contributed by atoms with Crippen LogP contribution in [0.2, 0.25) is 0 Å². The van der Waals surface area contributed by atoms with Crippen LogP contribution in [0.5, 0.6) is 0 Å². The summed E-state index contributed by atoms with van der Waals surface area (Å²) in [5.41, 5.74) is 2.49. The monoisotopic (exact) mass is 430 g/mol. The fraction of sp³-hybridized carbons (Fsp3) is 0.455. The van der Waals surface area contributed by atoms with Gasteiger partial charge in [0.25, 0.3) is 0 Å². The number of hydrogen-bond donors (Lipinski definition) is 1. The zero-order chi connectivity index (χ0) is 11.1. The van der Waals surface area contributed by atoms with Crippen molar-refractivity contribution in [3.8, 4) is 0 Å². The molecule has 0 fully saturated rings. The molecule has 84 valence electrons. The van der Waals surface area contributed by atoms with E-state index in [1.165, 1.54) is 20.2 Å². The molecule has 0 atom stereocenters. The number of nitrogens with zero attached hydrogens (tertiary/aromatic N) is 1. The van der Waals surface area contributed by atoms with Crippen molar-refractivity contribution < 1.29 is 0 Å². The number of halogens is 2. The van der Waals surface area contributed by atoms with Crippen molar-refractivity contribution in [2.75, 3.05) is 39.2 Å². The Labute approximate surface area is 119 Å². The van der Waals surface area contributed by atoms with Crippen LogP contribution in [0.4, 0.5) is 11.4 Å². The van der Waals surface area contributed by atoms with E-state index in [4.69, 9.17) is 0 Å². The SMILES string of the molecule is CNc1ccc(N(CCI)CCI)cc1. The summed E-state index contributed by atoms with van der Waals surface area (Å²) in [6.45, 7) is 2.25. The highest BCUT2D eigenvalue weighted by molar-refractivity contribution is 14.1. The first-order valence-corrected chi connectivity index (χ1v) is 8.01. The van der Waals surface area contributed by atoms with Gasteiger partial charge in [0, 0.05) is 40.4 Å². The van der Waals surface area contributed by atoms with Crippen LogP contribution in [-0.2, 0) is 0 Å². The third-order valence-corrected chi connectivity index (χ3v) is 3.19.